The Morgan fingerprint density at radius 3 is 2.50 bits per heavy atom. The normalized spacial score (nSPS) is 22.7. The fourth-order valence-corrected chi connectivity index (χ4v) is 5.56. The van der Waals surface area contributed by atoms with Crippen molar-refractivity contribution in [3.05, 3.63) is 45.1 Å². The van der Waals surface area contributed by atoms with Crippen LogP contribution in [0.4, 0.5) is 10.1 Å². The van der Waals surface area contributed by atoms with Crippen LogP contribution < -0.4 is 15.8 Å². The van der Waals surface area contributed by atoms with E-state index in [0.29, 0.717) is 17.1 Å². The number of nitrogens with zero attached hydrogens (tertiary/aromatic N) is 2. The number of nitrogens with one attached hydrogen (secondary N) is 1. The van der Waals surface area contributed by atoms with E-state index in [-0.39, 0.29) is 11.5 Å². The van der Waals surface area contributed by atoms with Crippen molar-refractivity contribution in [1.82, 2.24) is 9.72 Å². The van der Waals surface area contributed by atoms with Crippen molar-refractivity contribution >= 4 is 17.2 Å². The van der Waals surface area contributed by atoms with Crippen LogP contribution in [0.2, 0.25) is 0 Å². The van der Waals surface area contributed by atoms with E-state index in [1.54, 1.807) is 0 Å². The maximum Gasteiger partial charge on any atom is 0.341 e. The average Bonchev–Trinajstić information content (AvgIpc) is 3.42. The summed E-state index contributed by atoms with van der Waals surface area (Å²) in [6.07, 6.45) is 6.48. The Morgan fingerprint density at radius 1 is 1.17 bits per heavy atom. The number of aromatic carboxylic acids is 1. The number of carboxylic acids is 1. The van der Waals surface area contributed by atoms with Crippen molar-refractivity contribution in [3.63, 3.8) is 0 Å². The van der Waals surface area contributed by atoms with Gasteiger partial charge in [-0.2, -0.15) is 0 Å². The van der Waals surface area contributed by atoms with Gasteiger partial charge in [0, 0.05) is 13.1 Å². The number of carbonyl (C=O) groups is 1. The number of carboxylic acid groups (broad SMARTS) is 1. The molecule has 2 aliphatic heterocycles. The van der Waals surface area contributed by atoms with Crippen molar-refractivity contribution in [2.24, 2.45) is 11.8 Å². The summed E-state index contributed by atoms with van der Waals surface area (Å²) in [7, 11) is 0. The Morgan fingerprint density at radius 2 is 1.90 bits per heavy atom. The lowest BCUT2D eigenvalue weighted by Crippen LogP contribution is -2.38. The van der Waals surface area contributed by atoms with Crippen molar-refractivity contribution in [1.29, 1.82) is 0 Å². The van der Waals surface area contributed by atoms with Crippen molar-refractivity contribution in [2.45, 2.75) is 44.9 Å². The molecule has 0 spiro atoms. The summed E-state index contributed by atoms with van der Waals surface area (Å²) < 4.78 is 16.5. The summed E-state index contributed by atoms with van der Waals surface area (Å²) in [6.45, 7) is 5.68. The molecule has 1 saturated carbocycles. The van der Waals surface area contributed by atoms with Gasteiger partial charge in [0.15, 0.2) is 5.82 Å². The van der Waals surface area contributed by atoms with Crippen molar-refractivity contribution in [3.8, 4) is 0 Å². The van der Waals surface area contributed by atoms with Crippen LogP contribution in [0.15, 0.2) is 17.1 Å². The van der Waals surface area contributed by atoms with Gasteiger partial charge in [0.1, 0.15) is 5.56 Å². The molecule has 3 aliphatic rings. The minimum Gasteiger partial charge on any atom is -0.477 e. The molecule has 3 fully saturated rings. The Labute approximate surface area is 174 Å². The summed E-state index contributed by atoms with van der Waals surface area (Å²) >= 11 is 0. The van der Waals surface area contributed by atoms with Crippen LogP contribution in [0.5, 0.6) is 0 Å². The van der Waals surface area contributed by atoms with Crippen molar-refractivity contribution in [2.75, 3.05) is 31.1 Å². The van der Waals surface area contributed by atoms with Gasteiger partial charge in [0.05, 0.1) is 17.4 Å². The lowest BCUT2D eigenvalue weighted by atomic mass is 9.83. The number of aryl methyl sites for hydroxylation is 1. The molecular formula is C23H28FN3O3. The smallest absolute Gasteiger partial charge is 0.341 e. The first-order valence-electron chi connectivity index (χ1n) is 11.0. The molecule has 0 radical (unpaired) electrons. The van der Waals surface area contributed by atoms with Gasteiger partial charge in [0.25, 0.3) is 5.56 Å². The number of hydrogen-bond donors (Lipinski definition) is 2. The molecule has 6 nitrogen and oxygen atoms in total. The third kappa shape index (κ3) is 3.20. The molecule has 2 aromatic rings. The predicted octanol–water partition coefficient (Wildman–Crippen LogP) is 3.15. The van der Waals surface area contributed by atoms with Crippen LogP contribution in [0, 0.1) is 24.6 Å². The molecule has 0 bridgehead atoms. The molecule has 160 valence electrons. The Hall–Kier alpha value is -2.41. The molecule has 1 unspecified atom stereocenters. The first-order chi connectivity index (χ1) is 14.5. The first-order valence-corrected chi connectivity index (χ1v) is 11.0. The van der Waals surface area contributed by atoms with Crippen molar-refractivity contribution < 1.29 is 14.3 Å². The van der Waals surface area contributed by atoms with Gasteiger partial charge >= 0.3 is 5.97 Å². The second-order valence-corrected chi connectivity index (χ2v) is 9.14. The van der Waals surface area contributed by atoms with E-state index in [2.05, 4.69) is 10.2 Å². The Balaban J connectivity index is 1.55. The zero-order valence-electron chi connectivity index (χ0n) is 17.3. The van der Waals surface area contributed by atoms with E-state index in [4.69, 9.17) is 0 Å². The van der Waals surface area contributed by atoms with Crippen LogP contribution in [0.1, 0.15) is 59.5 Å². The zero-order chi connectivity index (χ0) is 21.0. The van der Waals surface area contributed by atoms with Crippen LogP contribution in [-0.2, 0) is 0 Å². The minimum absolute atomic E-state index is 0.247. The molecule has 0 amide bonds. The van der Waals surface area contributed by atoms with E-state index in [1.165, 1.54) is 23.1 Å². The van der Waals surface area contributed by atoms with Gasteiger partial charge in [-0.25, -0.2) is 9.18 Å². The molecule has 4 heterocycles. The largest absolute Gasteiger partial charge is 0.477 e. The van der Waals surface area contributed by atoms with E-state index < -0.39 is 17.3 Å². The number of aromatic nitrogens is 1. The van der Waals surface area contributed by atoms with E-state index in [1.807, 2.05) is 6.92 Å². The predicted molar refractivity (Wildman–Crippen MR) is 113 cm³/mol. The van der Waals surface area contributed by atoms with Gasteiger partial charge < -0.3 is 15.3 Å². The van der Waals surface area contributed by atoms with Gasteiger partial charge in [-0.3, -0.25) is 9.20 Å². The van der Waals surface area contributed by atoms with E-state index in [9.17, 15) is 14.7 Å². The number of rotatable bonds is 4. The monoisotopic (exact) mass is 413 g/mol. The highest BCUT2D eigenvalue weighted by atomic mass is 19.1. The maximum atomic E-state index is 15.3. The number of hydrogen-bond acceptors (Lipinski definition) is 4. The Kier molecular flexibility index (Phi) is 4.81. The molecule has 7 heteroatoms. The van der Waals surface area contributed by atoms with Gasteiger partial charge in [0.2, 0.25) is 0 Å². The minimum atomic E-state index is -1.26. The highest BCUT2D eigenvalue weighted by molar-refractivity contribution is 5.89. The van der Waals surface area contributed by atoms with Crippen LogP contribution >= 0.6 is 0 Å². The molecule has 1 aliphatic carbocycles. The molecule has 0 aromatic carbocycles. The number of fused-ring (bicyclic) bond motifs is 1. The van der Waals surface area contributed by atoms with Crippen LogP contribution in [0.3, 0.4) is 0 Å². The number of pyridine rings is 2. The fourth-order valence-electron chi connectivity index (χ4n) is 5.56. The second kappa shape index (κ2) is 7.38. The van der Waals surface area contributed by atoms with Gasteiger partial charge in [-0.15, -0.1) is 0 Å². The average molecular weight is 413 g/mol. The van der Waals surface area contributed by atoms with Gasteiger partial charge in [-0.05, 0) is 87.1 Å². The lowest BCUT2D eigenvalue weighted by molar-refractivity contribution is 0.0694. The molecule has 1 atom stereocenters. The third-order valence-corrected chi connectivity index (χ3v) is 7.31. The molecular weight excluding hydrogens is 385 g/mol. The van der Waals surface area contributed by atoms with E-state index >= 15 is 4.39 Å². The lowest BCUT2D eigenvalue weighted by Gasteiger charge is -2.37. The number of halogens is 1. The highest BCUT2D eigenvalue weighted by Gasteiger charge is 2.33. The maximum absolute atomic E-state index is 15.3. The topological polar surface area (TPSA) is 74.0 Å². The number of piperidine rings is 1. The molecule has 5 rings (SSSR count). The molecule has 30 heavy (non-hydrogen) atoms. The molecule has 2 saturated heterocycles. The van der Waals surface area contributed by atoms with E-state index in [0.717, 1.165) is 68.9 Å². The van der Waals surface area contributed by atoms with Crippen LogP contribution in [-0.4, -0.2) is 41.7 Å². The SMILES string of the molecule is Cc1c(N2CCC(C3CCNC3)CC2)c(F)cn2c(=O)c(C(=O)O)cc(C3CC3)c12. The molecule has 2 N–H and O–H groups in total. The second-order valence-electron chi connectivity index (χ2n) is 9.14. The Bertz CT molecular complexity index is 1060. The molecule has 2 aromatic heterocycles. The summed E-state index contributed by atoms with van der Waals surface area (Å²) in [5, 5.41) is 12.9. The fraction of sp³-hybridized carbons (Fsp3) is 0.565. The highest BCUT2D eigenvalue weighted by Crippen LogP contribution is 2.44. The summed E-state index contributed by atoms with van der Waals surface area (Å²) in [5.41, 5.74) is 1.91. The third-order valence-electron chi connectivity index (χ3n) is 7.31. The summed E-state index contributed by atoms with van der Waals surface area (Å²) in [6, 6.07) is 1.52. The standard InChI is InChI=1S/C23H28FN3O3/c1-13-20-17(15-2-3-15)10-18(23(29)30)22(28)27(20)12-19(24)21(13)26-8-5-14(6-9-26)16-4-7-25-11-16/h10,12,14-16,25H,2-9,11H2,1H3,(H,29,30). The summed E-state index contributed by atoms with van der Waals surface area (Å²) in [4.78, 5) is 26.4. The summed E-state index contributed by atoms with van der Waals surface area (Å²) in [5.74, 6) is -0.0578. The quantitative estimate of drug-likeness (QED) is 0.806. The zero-order valence-corrected chi connectivity index (χ0v) is 17.3. The van der Waals surface area contributed by atoms with Gasteiger partial charge in [-0.1, -0.05) is 0 Å². The first kappa shape index (κ1) is 19.5. The van der Waals surface area contributed by atoms with Crippen LogP contribution in [0.25, 0.3) is 5.52 Å². The number of anilines is 1.